The third kappa shape index (κ3) is 4.90. The van der Waals surface area contributed by atoms with Crippen LogP contribution in [0.1, 0.15) is 30.3 Å². The molecule has 1 aromatic heterocycles. The van der Waals surface area contributed by atoms with Crippen molar-refractivity contribution in [1.29, 1.82) is 0 Å². The zero-order valence-electron chi connectivity index (χ0n) is 19.8. The van der Waals surface area contributed by atoms with Crippen molar-refractivity contribution < 1.29 is 36.6 Å². The Morgan fingerprint density at radius 2 is 1.75 bits per heavy atom. The average Bonchev–Trinajstić information content (AvgIpc) is 3.18. The number of benzene rings is 2. The molecule has 0 fully saturated rings. The fraction of sp³-hybridized carbons (Fsp3) is 0.333. The molecule has 1 aliphatic heterocycles. The van der Waals surface area contributed by atoms with Crippen molar-refractivity contribution in [2.75, 3.05) is 13.7 Å². The maximum Gasteiger partial charge on any atom is 0.507 e. The molecule has 1 aliphatic rings. The number of amides is 2. The molecule has 0 bridgehead atoms. The van der Waals surface area contributed by atoms with Gasteiger partial charge in [-0.25, -0.2) is 4.79 Å². The minimum Gasteiger partial charge on any atom is -0.494 e. The molecule has 0 N–H and O–H groups in total. The maximum absolute atomic E-state index is 13.6. The number of aryl methyl sites for hydroxylation is 1. The number of hydrogen-bond donors (Lipinski definition) is 0. The zero-order chi connectivity index (χ0) is 26.3. The highest BCUT2D eigenvalue weighted by atomic mass is 32.1. The molecule has 0 radical (unpaired) electrons. The van der Waals surface area contributed by atoms with E-state index >= 15 is 0 Å². The number of rotatable bonds is 5. The van der Waals surface area contributed by atoms with Crippen molar-refractivity contribution in [3.8, 4) is 22.9 Å². The van der Waals surface area contributed by atoms with E-state index in [9.17, 15) is 22.4 Å². The predicted octanol–water partition coefficient (Wildman–Crippen LogP) is 5.92. The Balaban J connectivity index is 1.62. The molecule has 0 saturated heterocycles. The molecule has 4 rings (SSSR count). The summed E-state index contributed by atoms with van der Waals surface area (Å²) < 4.78 is 69.5. The number of nitrogens with zero attached hydrogens (tertiary/aromatic N) is 3. The second-order valence-corrected chi connectivity index (χ2v) is 9.26. The lowest BCUT2D eigenvalue weighted by Crippen LogP contribution is -2.52. The Kier molecular flexibility index (Phi) is 6.74. The van der Waals surface area contributed by atoms with Crippen LogP contribution in [0.4, 0.5) is 22.4 Å². The van der Waals surface area contributed by atoms with Crippen LogP contribution in [0.5, 0.6) is 17.2 Å². The smallest absolute Gasteiger partial charge is 0.494 e. The lowest BCUT2D eigenvalue weighted by atomic mass is 10.1. The molecule has 2 heterocycles. The Morgan fingerprint density at radius 1 is 1.11 bits per heavy atom. The van der Waals surface area contributed by atoms with Gasteiger partial charge in [-0.2, -0.15) is 22.6 Å². The van der Waals surface area contributed by atoms with Crippen molar-refractivity contribution >= 4 is 17.4 Å². The van der Waals surface area contributed by atoms with Crippen LogP contribution in [0.3, 0.4) is 0 Å². The third-order valence-electron chi connectivity index (χ3n) is 5.54. The third-order valence-corrected chi connectivity index (χ3v) is 6.44. The summed E-state index contributed by atoms with van der Waals surface area (Å²) in [6, 6.07) is 10.1. The largest absolute Gasteiger partial charge is 0.507 e. The van der Waals surface area contributed by atoms with E-state index in [2.05, 4.69) is 14.5 Å². The van der Waals surface area contributed by atoms with Crippen LogP contribution < -0.4 is 19.0 Å². The summed E-state index contributed by atoms with van der Waals surface area (Å²) in [7, 11) is 1.62. The summed E-state index contributed by atoms with van der Waals surface area (Å²) in [5.74, 6) is -0.359. The molecule has 0 spiro atoms. The molecular formula is C24H23F4N3O4S. The fourth-order valence-corrected chi connectivity index (χ4v) is 4.31. The minimum atomic E-state index is -4.84. The fourth-order valence-electron chi connectivity index (χ4n) is 3.48. The van der Waals surface area contributed by atoms with Gasteiger partial charge in [0.2, 0.25) is 0 Å². The Hall–Kier alpha value is -3.54. The molecular weight excluding hydrogens is 502 g/mol. The van der Waals surface area contributed by atoms with E-state index in [0.717, 1.165) is 28.3 Å². The number of urea groups is 1. The first-order chi connectivity index (χ1) is 16.9. The van der Waals surface area contributed by atoms with Crippen LogP contribution in [0, 0.1) is 6.92 Å². The molecule has 1 atom stereocenters. The lowest BCUT2D eigenvalue weighted by molar-refractivity contribution is -0.391. The number of alkyl halides is 4. The SMILES string of the molecule is CCOc1ccc(C(C)N(C)C(=O)N=c2sc(C)cn2-c2ccc3c(c2)OC(F)(F)C(F)(F)O3)cc1. The second-order valence-electron chi connectivity index (χ2n) is 8.05. The van der Waals surface area contributed by atoms with E-state index in [1.165, 1.54) is 26.9 Å². The first kappa shape index (κ1) is 25.5. The molecule has 2 aromatic carbocycles. The van der Waals surface area contributed by atoms with Gasteiger partial charge in [-0.05, 0) is 50.6 Å². The summed E-state index contributed by atoms with van der Waals surface area (Å²) in [5.41, 5.74) is 1.15. The van der Waals surface area contributed by atoms with Crippen LogP contribution in [0.25, 0.3) is 5.69 Å². The van der Waals surface area contributed by atoms with Gasteiger partial charge in [-0.15, -0.1) is 11.3 Å². The number of fused-ring (bicyclic) bond motifs is 1. The van der Waals surface area contributed by atoms with E-state index in [1.807, 2.05) is 38.1 Å². The van der Waals surface area contributed by atoms with Crippen molar-refractivity contribution in [1.82, 2.24) is 9.47 Å². The predicted molar refractivity (Wildman–Crippen MR) is 124 cm³/mol. The molecule has 192 valence electrons. The molecule has 7 nitrogen and oxygen atoms in total. The normalized spacial score (nSPS) is 16.9. The summed E-state index contributed by atoms with van der Waals surface area (Å²) in [6.45, 7) is 6.07. The van der Waals surface area contributed by atoms with E-state index in [0.29, 0.717) is 6.61 Å². The van der Waals surface area contributed by atoms with Crippen LogP contribution >= 0.6 is 11.3 Å². The number of thiazole rings is 1. The quantitative estimate of drug-likeness (QED) is 0.388. The molecule has 36 heavy (non-hydrogen) atoms. The van der Waals surface area contributed by atoms with Crippen LogP contribution in [-0.4, -0.2) is 41.4 Å². The Bertz CT molecular complexity index is 1340. The van der Waals surface area contributed by atoms with Crippen molar-refractivity contribution in [2.45, 2.75) is 39.0 Å². The summed E-state index contributed by atoms with van der Waals surface area (Å²) >= 11 is 1.20. The van der Waals surface area contributed by atoms with Crippen molar-refractivity contribution in [3.63, 3.8) is 0 Å². The summed E-state index contributed by atoms with van der Waals surface area (Å²) in [6.07, 6.45) is -7.99. The number of aromatic nitrogens is 1. The lowest BCUT2D eigenvalue weighted by Gasteiger charge is -2.31. The molecule has 0 saturated carbocycles. The molecule has 12 heteroatoms. The van der Waals surface area contributed by atoms with Gasteiger partial charge in [-0.1, -0.05) is 12.1 Å². The number of hydrogen-bond acceptors (Lipinski definition) is 5. The van der Waals surface area contributed by atoms with Gasteiger partial charge in [0.1, 0.15) is 5.75 Å². The molecule has 3 aromatic rings. The topological polar surface area (TPSA) is 65.3 Å². The second kappa shape index (κ2) is 9.49. The Labute approximate surface area is 208 Å². The maximum atomic E-state index is 13.6. The monoisotopic (exact) mass is 525 g/mol. The summed E-state index contributed by atoms with van der Waals surface area (Å²) in [5, 5.41) is 0. The van der Waals surface area contributed by atoms with Gasteiger partial charge in [0.05, 0.1) is 18.3 Å². The van der Waals surface area contributed by atoms with Crippen molar-refractivity contribution in [2.24, 2.45) is 4.99 Å². The van der Waals surface area contributed by atoms with Gasteiger partial charge >= 0.3 is 18.2 Å². The van der Waals surface area contributed by atoms with Crippen LogP contribution in [-0.2, 0) is 0 Å². The summed E-state index contributed by atoms with van der Waals surface area (Å²) in [4.78, 5) is 19.7. The first-order valence-electron chi connectivity index (χ1n) is 10.9. The highest BCUT2D eigenvalue weighted by molar-refractivity contribution is 7.09. The first-order valence-corrected chi connectivity index (χ1v) is 11.7. The molecule has 1 unspecified atom stereocenters. The number of carbonyl (C=O) groups excluding carboxylic acids is 1. The standard InChI is InChI=1S/C24H23F4N3O4S/c1-5-33-18-9-6-16(7-10-18)15(3)30(4)21(32)29-22-31(13-14(2)36-22)17-8-11-19-20(12-17)35-24(27,28)23(25,26)34-19/h6-13,15H,5H2,1-4H3. The van der Waals surface area contributed by atoms with E-state index in [-0.39, 0.29) is 16.5 Å². The Morgan fingerprint density at radius 3 is 2.39 bits per heavy atom. The highest BCUT2D eigenvalue weighted by Gasteiger charge is 2.65. The van der Waals surface area contributed by atoms with Crippen LogP contribution in [0.2, 0.25) is 0 Å². The molecule has 2 amide bonds. The van der Waals surface area contributed by atoms with Gasteiger partial charge < -0.3 is 19.1 Å². The van der Waals surface area contributed by atoms with Crippen molar-refractivity contribution in [3.05, 3.63) is 63.9 Å². The molecule has 0 aliphatic carbocycles. The van der Waals surface area contributed by atoms with Gasteiger partial charge in [0.15, 0.2) is 16.3 Å². The van der Waals surface area contributed by atoms with Gasteiger partial charge in [0.25, 0.3) is 0 Å². The van der Waals surface area contributed by atoms with E-state index in [4.69, 9.17) is 4.74 Å². The van der Waals surface area contributed by atoms with Gasteiger partial charge in [-0.3, -0.25) is 4.57 Å². The number of carbonyl (C=O) groups is 1. The average molecular weight is 526 g/mol. The highest BCUT2D eigenvalue weighted by Crippen LogP contribution is 2.47. The number of halogens is 4. The van der Waals surface area contributed by atoms with E-state index in [1.54, 1.807) is 20.2 Å². The van der Waals surface area contributed by atoms with Gasteiger partial charge in [0, 0.05) is 24.2 Å². The number of ether oxygens (including phenoxy) is 3. The van der Waals surface area contributed by atoms with E-state index < -0.39 is 29.7 Å². The zero-order valence-corrected chi connectivity index (χ0v) is 20.6. The van der Waals surface area contributed by atoms with Crippen LogP contribution in [0.15, 0.2) is 53.7 Å². The minimum absolute atomic E-state index is 0.261.